The van der Waals surface area contributed by atoms with Crippen molar-refractivity contribution < 1.29 is 9.47 Å². The number of aromatic nitrogens is 1. The van der Waals surface area contributed by atoms with Crippen LogP contribution in [0.5, 0.6) is 5.75 Å². The number of nitrogens with zero attached hydrogens (tertiary/aromatic N) is 2. The lowest BCUT2D eigenvalue weighted by Crippen LogP contribution is -2.39. The molecule has 0 aliphatic carbocycles. The van der Waals surface area contributed by atoms with E-state index in [4.69, 9.17) is 9.47 Å². The average molecular weight is 248 g/mol. The molecule has 2 unspecified atom stereocenters. The lowest BCUT2D eigenvalue weighted by atomic mass is 10.0. The molecular weight excluding hydrogens is 228 g/mol. The molecule has 2 aliphatic rings. The van der Waals surface area contributed by atoms with E-state index in [1.807, 2.05) is 6.20 Å². The number of ether oxygens (including phenoxy) is 2. The van der Waals surface area contributed by atoms with Gasteiger partial charge in [-0.15, -0.1) is 0 Å². The summed E-state index contributed by atoms with van der Waals surface area (Å²) in [5, 5.41) is 0. The van der Waals surface area contributed by atoms with Gasteiger partial charge >= 0.3 is 0 Å². The van der Waals surface area contributed by atoms with Crippen LogP contribution >= 0.6 is 0 Å². The summed E-state index contributed by atoms with van der Waals surface area (Å²) in [6.45, 7) is 6.05. The van der Waals surface area contributed by atoms with Crippen molar-refractivity contribution in [2.45, 2.75) is 38.3 Å². The molecule has 2 aliphatic heterocycles. The average Bonchev–Trinajstić information content (AvgIpc) is 2.81. The van der Waals surface area contributed by atoms with Crippen molar-refractivity contribution in [3.63, 3.8) is 0 Å². The van der Waals surface area contributed by atoms with Gasteiger partial charge < -0.3 is 14.4 Å². The van der Waals surface area contributed by atoms with Gasteiger partial charge in [-0.05, 0) is 18.4 Å². The lowest BCUT2D eigenvalue weighted by molar-refractivity contribution is 0.116. The molecule has 0 radical (unpaired) electrons. The largest absolute Gasteiger partial charge is 0.487 e. The number of hydrogen-bond donors (Lipinski definition) is 0. The van der Waals surface area contributed by atoms with E-state index >= 15 is 0 Å². The highest BCUT2D eigenvalue weighted by molar-refractivity contribution is 5.60. The zero-order chi connectivity index (χ0) is 12.7. The summed E-state index contributed by atoms with van der Waals surface area (Å²) in [6.07, 6.45) is 3.22. The van der Waals surface area contributed by atoms with E-state index in [1.165, 1.54) is 5.56 Å². The summed E-state index contributed by atoms with van der Waals surface area (Å²) in [7, 11) is 1.78. The maximum absolute atomic E-state index is 5.96. The molecule has 3 heterocycles. The van der Waals surface area contributed by atoms with E-state index in [1.54, 1.807) is 7.11 Å². The highest BCUT2D eigenvalue weighted by Gasteiger charge is 2.38. The zero-order valence-corrected chi connectivity index (χ0v) is 11.2. The third-order valence-corrected chi connectivity index (χ3v) is 3.94. The van der Waals surface area contributed by atoms with Crippen molar-refractivity contribution >= 4 is 5.82 Å². The first kappa shape index (κ1) is 11.8. The minimum absolute atomic E-state index is 0.300. The van der Waals surface area contributed by atoms with E-state index in [0.717, 1.165) is 31.1 Å². The first-order valence-corrected chi connectivity index (χ1v) is 6.61. The summed E-state index contributed by atoms with van der Waals surface area (Å²) in [5.74, 6) is 2.43. The van der Waals surface area contributed by atoms with Crippen molar-refractivity contribution in [3.05, 3.63) is 17.8 Å². The third-order valence-electron chi connectivity index (χ3n) is 3.94. The van der Waals surface area contributed by atoms with Crippen LogP contribution in [0, 0.1) is 0 Å². The maximum atomic E-state index is 5.96. The van der Waals surface area contributed by atoms with Gasteiger partial charge in [-0.1, -0.05) is 13.8 Å². The van der Waals surface area contributed by atoms with Crippen molar-refractivity contribution in [1.29, 1.82) is 0 Å². The van der Waals surface area contributed by atoms with Gasteiger partial charge in [0.25, 0.3) is 0 Å². The minimum atomic E-state index is 0.300. The quantitative estimate of drug-likeness (QED) is 0.803. The van der Waals surface area contributed by atoms with Crippen molar-refractivity contribution in [2.75, 3.05) is 25.2 Å². The topological polar surface area (TPSA) is 34.6 Å². The summed E-state index contributed by atoms with van der Waals surface area (Å²) >= 11 is 0. The summed E-state index contributed by atoms with van der Waals surface area (Å²) in [4.78, 5) is 6.87. The van der Waals surface area contributed by atoms with E-state index < -0.39 is 0 Å². The first-order chi connectivity index (χ1) is 8.70. The van der Waals surface area contributed by atoms with Gasteiger partial charge in [0.05, 0.1) is 12.1 Å². The Balaban J connectivity index is 1.98. The normalized spacial score (nSPS) is 25.9. The second-order valence-corrected chi connectivity index (χ2v) is 5.42. The smallest absolute Gasteiger partial charge is 0.172 e. The predicted molar refractivity (Wildman–Crippen MR) is 70.4 cm³/mol. The van der Waals surface area contributed by atoms with Gasteiger partial charge in [0.2, 0.25) is 0 Å². The van der Waals surface area contributed by atoms with Crippen LogP contribution in [0.2, 0.25) is 0 Å². The Morgan fingerprint density at radius 2 is 2.33 bits per heavy atom. The fraction of sp³-hybridized carbons (Fsp3) is 0.643. The fourth-order valence-corrected chi connectivity index (χ4v) is 2.90. The van der Waals surface area contributed by atoms with Crippen LogP contribution in [-0.2, 0) is 4.74 Å². The Labute approximate surface area is 108 Å². The number of anilines is 1. The molecule has 98 valence electrons. The zero-order valence-electron chi connectivity index (χ0n) is 11.2. The SMILES string of the molecule is COC1CC2COc3c(C(C)C)ccnc3N2C1. The lowest BCUT2D eigenvalue weighted by Gasteiger charge is -2.33. The Morgan fingerprint density at radius 3 is 3.06 bits per heavy atom. The van der Waals surface area contributed by atoms with Gasteiger partial charge in [-0.25, -0.2) is 4.98 Å². The van der Waals surface area contributed by atoms with Gasteiger partial charge in [0, 0.05) is 25.4 Å². The molecule has 1 saturated heterocycles. The first-order valence-electron chi connectivity index (χ1n) is 6.61. The molecule has 1 aromatic rings. The van der Waals surface area contributed by atoms with Crippen molar-refractivity contribution in [3.8, 4) is 5.75 Å². The van der Waals surface area contributed by atoms with Gasteiger partial charge in [-0.3, -0.25) is 0 Å². The Kier molecular flexibility index (Phi) is 2.90. The Hall–Kier alpha value is -1.29. The van der Waals surface area contributed by atoms with Crippen molar-refractivity contribution in [2.24, 2.45) is 0 Å². The number of pyridine rings is 1. The molecule has 1 aromatic heterocycles. The summed E-state index contributed by atoms with van der Waals surface area (Å²) in [5.41, 5.74) is 1.25. The molecule has 0 aromatic carbocycles. The van der Waals surface area contributed by atoms with Crippen LogP contribution in [0.1, 0.15) is 31.7 Å². The van der Waals surface area contributed by atoms with Crippen LogP contribution in [0.3, 0.4) is 0 Å². The van der Waals surface area contributed by atoms with E-state index in [9.17, 15) is 0 Å². The van der Waals surface area contributed by atoms with Gasteiger partial charge in [-0.2, -0.15) is 0 Å². The predicted octanol–water partition coefficient (Wildman–Crippen LogP) is 2.19. The van der Waals surface area contributed by atoms with Crippen molar-refractivity contribution in [1.82, 2.24) is 4.98 Å². The third kappa shape index (κ3) is 1.75. The molecule has 4 heteroatoms. The van der Waals surface area contributed by atoms with Crippen LogP contribution in [0.25, 0.3) is 0 Å². The molecule has 3 rings (SSSR count). The van der Waals surface area contributed by atoms with E-state index in [2.05, 4.69) is 29.8 Å². The monoisotopic (exact) mass is 248 g/mol. The highest BCUT2D eigenvalue weighted by atomic mass is 16.5. The Morgan fingerprint density at radius 1 is 1.50 bits per heavy atom. The molecular formula is C14H20N2O2. The molecule has 0 saturated carbocycles. The molecule has 0 amide bonds. The maximum Gasteiger partial charge on any atom is 0.172 e. The standard InChI is InChI=1S/C14H20N2O2/c1-9(2)12-4-5-15-14-13(12)18-8-10-6-11(17-3)7-16(10)14/h4-5,9-11H,6-8H2,1-3H3. The number of rotatable bonds is 2. The van der Waals surface area contributed by atoms with Crippen LogP contribution in [0.15, 0.2) is 12.3 Å². The molecule has 2 atom stereocenters. The number of fused-ring (bicyclic) bond motifs is 3. The van der Waals surface area contributed by atoms with Crippen LogP contribution in [0.4, 0.5) is 5.82 Å². The van der Waals surface area contributed by atoms with Crippen LogP contribution < -0.4 is 9.64 Å². The van der Waals surface area contributed by atoms with Gasteiger partial charge in [0.1, 0.15) is 6.61 Å². The minimum Gasteiger partial charge on any atom is -0.487 e. The van der Waals surface area contributed by atoms with E-state index in [0.29, 0.717) is 18.1 Å². The summed E-state index contributed by atoms with van der Waals surface area (Å²) in [6, 6.07) is 2.48. The summed E-state index contributed by atoms with van der Waals surface area (Å²) < 4.78 is 11.4. The molecule has 0 bridgehead atoms. The number of hydrogen-bond acceptors (Lipinski definition) is 4. The van der Waals surface area contributed by atoms with E-state index in [-0.39, 0.29) is 0 Å². The molecule has 4 nitrogen and oxygen atoms in total. The highest BCUT2D eigenvalue weighted by Crippen LogP contribution is 2.41. The molecule has 18 heavy (non-hydrogen) atoms. The second-order valence-electron chi connectivity index (χ2n) is 5.42. The molecule has 0 N–H and O–H groups in total. The second kappa shape index (κ2) is 4.43. The van der Waals surface area contributed by atoms with Gasteiger partial charge in [0.15, 0.2) is 11.6 Å². The molecule has 0 spiro atoms. The molecule has 1 fully saturated rings. The fourth-order valence-electron chi connectivity index (χ4n) is 2.90. The number of methoxy groups -OCH3 is 1. The Bertz CT molecular complexity index is 447. The van der Waals surface area contributed by atoms with Crippen LogP contribution in [-0.4, -0.2) is 37.4 Å².